The molecule has 3 rings (SSSR count). The van der Waals surface area contributed by atoms with E-state index in [1.165, 1.54) is 24.6 Å². The smallest absolute Gasteiger partial charge is 0.270 e. The number of amides is 1. The predicted octanol–water partition coefficient (Wildman–Crippen LogP) is 2.94. The number of aromatic nitrogens is 1. The molecule has 0 spiro atoms. The van der Waals surface area contributed by atoms with Crippen LogP contribution in [0.3, 0.4) is 0 Å². The third kappa shape index (κ3) is 5.68. The molecule has 11 heteroatoms. The fourth-order valence-electron chi connectivity index (χ4n) is 2.80. The Kier molecular flexibility index (Phi) is 7.54. The first kappa shape index (κ1) is 23.4. The number of ether oxygens (including phenoxy) is 3. The molecule has 32 heavy (non-hydrogen) atoms. The predicted molar refractivity (Wildman–Crippen MR) is 121 cm³/mol. The molecule has 0 atom stereocenters. The van der Waals surface area contributed by atoms with Crippen LogP contribution in [0.2, 0.25) is 0 Å². The number of carbonyl (C=O) groups excluding carboxylic acids is 1. The first-order chi connectivity index (χ1) is 15.4. The highest BCUT2D eigenvalue weighted by molar-refractivity contribution is 7.93. The first-order valence-electron chi connectivity index (χ1n) is 9.48. The molecular weight excluding hydrogens is 454 g/mol. The maximum atomic E-state index is 12.5. The van der Waals surface area contributed by atoms with E-state index in [4.69, 9.17) is 14.2 Å². The number of benzene rings is 2. The highest BCUT2D eigenvalue weighted by atomic mass is 32.2. The molecule has 0 bridgehead atoms. The van der Waals surface area contributed by atoms with Gasteiger partial charge in [-0.3, -0.25) is 9.52 Å². The molecule has 0 saturated heterocycles. The van der Waals surface area contributed by atoms with Crippen LogP contribution < -0.4 is 24.2 Å². The van der Waals surface area contributed by atoms with E-state index in [1.54, 1.807) is 32.4 Å². The number of methoxy groups -OCH3 is 3. The third-order valence-corrected chi connectivity index (χ3v) is 6.72. The van der Waals surface area contributed by atoms with Crippen molar-refractivity contribution in [3.8, 4) is 17.2 Å². The Bertz CT molecular complexity index is 1180. The van der Waals surface area contributed by atoms with Gasteiger partial charge in [0.1, 0.15) is 11.4 Å². The van der Waals surface area contributed by atoms with Crippen molar-refractivity contribution in [1.29, 1.82) is 0 Å². The standard InChI is InChI=1S/C21H23N3O6S2/c1-28-15-5-7-16(8-6-15)32(26,27)24-21-23-17(13-31-21)20(25)22-11-10-14-4-9-18(29-2)19(12-14)30-3/h4-9,12-13H,10-11H2,1-3H3,(H,22,25)(H,23,24). The van der Waals surface area contributed by atoms with E-state index < -0.39 is 15.9 Å². The van der Waals surface area contributed by atoms with E-state index in [0.717, 1.165) is 16.9 Å². The average molecular weight is 478 g/mol. The molecule has 170 valence electrons. The van der Waals surface area contributed by atoms with E-state index in [-0.39, 0.29) is 15.7 Å². The summed E-state index contributed by atoms with van der Waals surface area (Å²) in [5, 5.41) is 4.38. The number of anilines is 1. The largest absolute Gasteiger partial charge is 0.497 e. The number of rotatable bonds is 10. The second-order valence-corrected chi connectivity index (χ2v) is 9.05. The summed E-state index contributed by atoms with van der Waals surface area (Å²) in [7, 11) is 0.798. The molecular formula is C21H23N3O6S2. The van der Waals surface area contributed by atoms with Crippen LogP contribution in [-0.4, -0.2) is 47.2 Å². The lowest BCUT2D eigenvalue weighted by Gasteiger charge is -2.10. The van der Waals surface area contributed by atoms with Gasteiger partial charge in [0.25, 0.3) is 15.9 Å². The van der Waals surface area contributed by atoms with Crippen LogP contribution in [0.15, 0.2) is 52.7 Å². The molecule has 0 fully saturated rings. The van der Waals surface area contributed by atoms with Crippen LogP contribution in [-0.2, 0) is 16.4 Å². The minimum atomic E-state index is -3.83. The van der Waals surface area contributed by atoms with Gasteiger partial charge in [0.15, 0.2) is 16.6 Å². The number of nitrogens with zero attached hydrogens (tertiary/aromatic N) is 1. The minimum absolute atomic E-state index is 0.0643. The molecule has 9 nitrogen and oxygen atoms in total. The zero-order valence-corrected chi connectivity index (χ0v) is 19.4. The summed E-state index contributed by atoms with van der Waals surface area (Å²) < 4.78 is 42.9. The van der Waals surface area contributed by atoms with Gasteiger partial charge in [0.2, 0.25) is 0 Å². The van der Waals surface area contributed by atoms with Gasteiger partial charge in [-0.25, -0.2) is 13.4 Å². The van der Waals surface area contributed by atoms with Crippen molar-refractivity contribution in [2.24, 2.45) is 0 Å². The number of sulfonamides is 1. The van der Waals surface area contributed by atoms with Crippen LogP contribution in [0.25, 0.3) is 0 Å². The zero-order chi connectivity index (χ0) is 23.1. The van der Waals surface area contributed by atoms with Crippen molar-refractivity contribution >= 4 is 32.4 Å². The number of thiazole rings is 1. The van der Waals surface area contributed by atoms with Crippen LogP contribution >= 0.6 is 11.3 Å². The molecule has 0 aliphatic heterocycles. The molecule has 0 radical (unpaired) electrons. The van der Waals surface area contributed by atoms with Gasteiger partial charge in [-0.05, 0) is 48.4 Å². The molecule has 3 aromatic rings. The Labute approximate surface area is 190 Å². The lowest BCUT2D eigenvalue weighted by atomic mass is 10.1. The lowest BCUT2D eigenvalue weighted by Crippen LogP contribution is -2.26. The summed E-state index contributed by atoms with van der Waals surface area (Å²) in [6.07, 6.45) is 0.577. The second kappa shape index (κ2) is 10.3. The Hall–Kier alpha value is -3.31. The molecule has 0 aliphatic carbocycles. The normalized spacial score (nSPS) is 11.0. The quantitative estimate of drug-likeness (QED) is 0.461. The average Bonchev–Trinajstić information content (AvgIpc) is 3.26. The molecule has 1 heterocycles. The summed E-state index contributed by atoms with van der Waals surface area (Å²) in [4.78, 5) is 16.5. The van der Waals surface area contributed by atoms with Gasteiger partial charge < -0.3 is 19.5 Å². The van der Waals surface area contributed by atoms with Gasteiger partial charge in [-0.2, -0.15) is 0 Å². The topological polar surface area (TPSA) is 116 Å². The van der Waals surface area contributed by atoms with E-state index >= 15 is 0 Å². The summed E-state index contributed by atoms with van der Waals surface area (Å²) in [5.41, 5.74) is 1.10. The van der Waals surface area contributed by atoms with Gasteiger partial charge in [0.05, 0.1) is 26.2 Å². The van der Waals surface area contributed by atoms with Gasteiger partial charge >= 0.3 is 0 Å². The SMILES string of the molecule is COc1ccc(S(=O)(=O)Nc2nc(C(=O)NCCc3ccc(OC)c(OC)c3)cs2)cc1. The number of carbonyl (C=O) groups is 1. The van der Waals surface area contributed by atoms with Crippen molar-refractivity contribution in [2.45, 2.75) is 11.3 Å². The monoisotopic (exact) mass is 477 g/mol. The van der Waals surface area contributed by atoms with Crippen LogP contribution in [0.5, 0.6) is 17.2 Å². The molecule has 0 aliphatic rings. The van der Waals surface area contributed by atoms with Crippen LogP contribution in [0, 0.1) is 0 Å². The van der Waals surface area contributed by atoms with Gasteiger partial charge in [0, 0.05) is 11.9 Å². The highest BCUT2D eigenvalue weighted by Crippen LogP contribution is 2.27. The van der Waals surface area contributed by atoms with Crippen LogP contribution in [0.1, 0.15) is 16.1 Å². The van der Waals surface area contributed by atoms with E-state index in [2.05, 4.69) is 15.0 Å². The summed E-state index contributed by atoms with van der Waals surface area (Å²) in [6.45, 7) is 0.374. The van der Waals surface area contributed by atoms with Gasteiger partial charge in [-0.1, -0.05) is 6.07 Å². The molecule has 0 saturated carbocycles. The fourth-order valence-corrected chi connectivity index (χ4v) is 4.74. The summed E-state index contributed by atoms with van der Waals surface area (Å²) >= 11 is 1.03. The number of nitrogens with one attached hydrogen (secondary N) is 2. The molecule has 2 aromatic carbocycles. The Morgan fingerprint density at radius 2 is 1.72 bits per heavy atom. The maximum Gasteiger partial charge on any atom is 0.270 e. The van der Waals surface area contributed by atoms with E-state index in [9.17, 15) is 13.2 Å². The Morgan fingerprint density at radius 1 is 1.00 bits per heavy atom. The minimum Gasteiger partial charge on any atom is -0.497 e. The summed E-state index contributed by atoms with van der Waals surface area (Å²) in [6, 6.07) is 11.5. The van der Waals surface area contributed by atoms with Crippen molar-refractivity contribution in [3.63, 3.8) is 0 Å². The van der Waals surface area contributed by atoms with Crippen molar-refractivity contribution < 1.29 is 27.4 Å². The van der Waals surface area contributed by atoms with E-state index in [1.807, 2.05) is 12.1 Å². The first-order valence-corrected chi connectivity index (χ1v) is 11.8. The molecule has 0 unspecified atom stereocenters. The molecule has 1 aromatic heterocycles. The van der Waals surface area contributed by atoms with Crippen LogP contribution in [0.4, 0.5) is 5.13 Å². The van der Waals surface area contributed by atoms with Crippen molar-refractivity contribution in [1.82, 2.24) is 10.3 Å². The number of hydrogen-bond donors (Lipinski definition) is 2. The van der Waals surface area contributed by atoms with E-state index in [0.29, 0.717) is 30.2 Å². The summed E-state index contributed by atoms with van der Waals surface area (Å²) in [5.74, 6) is 1.40. The molecule has 1 amide bonds. The van der Waals surface area contributed by atoms with Crippen molar-refractivity contribution in [3.05, 3.63) is 59.1 Å². The number of hydrogen-bond acceptors (Lipinski definition) is 8. The lowest BCUT2D eigenvalue weighted by molar-refractivity contribution is 0.0950. The molecule has 2 N–H and O–H groups in total. The van der Waals surface area contributed by atoms with Gasteiger partial charge in [-0.15, -0.1) is 11.3 Å². The van der Waals surface area contributed by atoms with Crippen molar-refractivity contribution in [2.75, 3.05) is 32.6 Å². The highest BCUT2D eigenvalue weighted by Gasteiger charge is 2.18. The zero-order valence-electron chi connectivity index (χ0n) is 17.7. The second-order valence-electron chi connectivity index (χ2n) is 6.51. The third-order valence-electron chi connectivity index (χ3n) is 4.48. The maximum absolute atomic E-state index is 12.5. The fraction of sp³-hybridized carbons (Fsp3) is 0.238. The Balaban J connectivity index is 1.57. The Morgan fingerprint density at radius 3 is 2.38 bits per heavy atom.